The van der Waals surface area contributed by atoms with E-state index in [0.29, 0.717) is 23.1 Å². The van der Waals surface area contributed by atoms with E-state index >= 15 is 0 Å². The predicted molar refractivity (Wildman–Crippen MR) is 77.3 cm³/mol. The highest BCUT2D eigenvalue weighted by Gasteiger charge is 2.38. The molecular weight excluding hydrogens is 279 g/mol. The molecule has 5 heteroatoms. The molecule has 0 bridgehead atoms. The van der Waals surface area contributed by atoms with E-state index in [1.807, 2.05) is 13.8 Å². The molecule has 0 aromatic heterocycles. The summed E-state index contributed by atoms with van der Waals surface area (Å²) in [6.07, 6.45) is -4.49. The number of rotatable bonds is 4. The molecule has 2 aromatic rings. The lowest BCUT2D eigenvalue weighted by Crippen LogP contribution is -2.28. The number of ether oxygens (including phenoxy) is 1. The summed E-state index contributed by atoms with van der Waals surface area (Å²) in [5.74, 6) is 0.702. The van der Waals surface area contributed by atoms with Crippen LogP contribution in [-0.4, -0.2) is 12.8 Å². The Hall–Kier alpha value is -1.75. The molecule has 0 aliphatic heterocycles. The zero-order chi connectivity index (χ0) is 15.6. The Bertz CT molecular complexity index is 622. The Labute approximate surface area is 121 Å². The Morgan fingerprint density at radius 1 is 1.14 bits per heavy atom. The van der Waals surface area contributed by atoms with Crippen molar-refractivity contribution in [3.8, 4) is 5.75 Å². The monoisotopic (exact) mass is 297 g/mol. The quantitative estimate of drug-likeness (QED) is 0.905. The second kappa shape index (κ2) is 5.93. The van der Waals surface area contributed by atoms with Gasteiger partial charge in [-0.2, -0.15) is 13.2 Å². The van der Waals surface area contributed by atoms with Crippen LogP contribution in [0, 0.1) is 5.92 Å². The fraction of sp³-hybridized carbons (Fsp3) is 0.375. The zero-order valence-electron chi connectivity index (χ0n) is 11.9. The minimum absolute atomic E-state index is 0.0411. The van der Waals surface area contributed by atoms with Gasteiger partial charge in [0.05, 0.1) is 6.61 Å². The topological polar surface area (TPSA) is 35.2 Å². The van der Waals surface area contributed by atoms with Crippen LogP contribution >= 0.6 is 0 Å². The molecular formula is C16H18F3NO. The summed E-state index contributed by atoms with van der Waals surface area (Å²) in [6, 6.07) is 7.98. The van der Waals surface area contributed by atoms with E-state index in [0.717, 1.165) is 0 Å². The van der Waals surface area contributed by atoms with Crippen molar-refractivity contribution in [1.29, 1.82) is 0 Å². The zero-order valence-corrected chi connectivity index (χ0v) is 11.9. The van der Waals surface area contributed by atoms with Crippen LogP contribution in [-0.2, 0) is 0 Å². The number of fused-ring (bicyclic) bond motifs is 1. The molecule has 21 heavy (non-hydrogen) atoms. The number of hydrogen-bond donors (Lipinski definition) is 1. The lowest BCUT2D eigenvalue weighted by molar-refractivity contribution is -0.148. The molecule has 114 valence electrons. The fourth-order valence-corrected chi connectivity index (χ4v) is 2.09. The second-order valence-electron chi connectivity index (χ2n) is 5.46. The summed E-state index contributed by atoms with van der Waals surface area (Å²) in [5, 5.41) is 1.19. The molecule has 0 unspecified atom stereocenters. The minimum atomic E-state index is -4.49. The first-order chi connectivity index (χ1) is 9.79. The Kier molecular flexibility index (Phi) is 4.42. The van der Waals surface area contributed by atoms with E-state index in [9.17, 15) is 13.2 Å². The van der Waals surface area contributed by atoms with Crippen molar-refractivity contribution in [2.75, 3.05) is 6.61 Å². The van der Waals surface area contributed by atoms with Gasteiger partial charge < -0.3 is 10.5 Å². The maximum atomic E-state index is 12.9. The molecule has 0 aliphatic carbocycles. The van der Waals surface area contributed by atoms with Crippen molar-refractivity contribution in [3.05, 3.63) is 42.0 Å². The van der Waals surface area contributed by atoms with Gasteiger partial charge in [0.2, 0.25) is 0 Å². The third-order valence-corrected chi connectivity index (χ3v) is 3.14. The van der Waals surface area contributed by atoms with Crippen LogP contribution in [0.1, 0.15) is 25.5 Å². The highest BCUT2D eigenvalue weighted by Crippen LogP contribution is 2.36. The molecule has 0 radical (unpaired) electrons. The smallest absolute Gasteiger partial charge is 0.407 e. The molecule has 0 aliphatic rings. The SMILES string of the molecule is CC(C)COc1cc([C@H](N)C(F)(F)F)c2ccccc2c1. The highest BCUT2D eigenvalue weighted by molar-refractivity contribution is 5.87. The van der Waals surface area contributed by atoms with Gasteiger partial charge in [0.25, 0.3) is 0 Å². The van der Waals surface area contributed by atoms with Crippen LogP contribution in [0.3, 0.4) is 0 Å². The van der Waals surface area contributed by atoms with Gasteiger partial charge in [-0.3, -0.25) is 0 Å². The number of nitrogens with two attached hydrogens (primary N) is 1. The summed E-state index contributed by atoms with van der Waals surface area (Å²) in [6.45, 7) is 4.39. The van der Waals surface area contributed by atoms with Gasteiger partial charge in [-0.25, -0.2) is 0 Å². The molecule has 0 saturated carbocycles. The lowest BCUT2D eigenvalue weighted by Gasteiger charge is -2.19. The highest BCUT2D eigenvalue weighted by atomic mass is 19.4. The Morgan fingerprint density at radius 2 is 1.81 bits per heavy atom. The summed E-state index contributed by atoms with van der Waals surface area (Å²) in [5.41, 5.74) is 5.42. The van der Waals surface area contributed by atoms with Crippen molar-refractivity contribution in [2.24, 2.45) is 11.7 Å². The molecule has 2 rings (SSSR count). The van der Waals surface area contributed by atoms with E-state index in [2.05, 4.69) is 0 Å². The van der Waals surface area contributed by atoms with Gasteiger partial charge >= 0.3 is 6.18 Å². The number of hydrogen-bond acceptors (Lipinski definition) is 2. The summed E-state index contributed by atoms with van der Waals surface area (Å²) >= 11 is 0. The molecule has 2 N–H and O–H groups in total. The van der Waals surface area contributed by atoms with Crippen molar-refractivity contribution < 1.29 is 17.9 Å². The molecule has 0 spiro atoms. The first-order valence-corrected chi connectivity index (χ1v) is 6.77. The van der Waals surface area contributed by atoms with Crippen LogP contribution in [0.2, 0.25) is 0 Å². The number of alkyl halides is 3. The van der Waals surface area contributed by atoms with E-state index in [1.165, 1.54) is 6.07 Å². The largest absolute Gasteiger partial charge is 0.493 e. The minimum Gasteiger partial charge on any atom is -0.493 e. The van der Waals surface area contributed by atoms with Crippen molar-refractivity contribution >= 4 is 10.8 Å². The van der Waals surface area contributed by atoms with Gasteiger partial charge in [-0.1, -0.05) is 38.1 Å². The molecule has 0 saturated heterocycles. The molecule has 0 amide bonds. The molecule has 2 nitrogen and oxygen atoms in total. The Morgan fingerprint density at radius 3 is 2.43 bits per heavy atom. The average Bonchev–Trinajstić information content (AvgIpc) is 2.42. The van der Waals surface area contributed by atoms with Crippen molar-refractivity contribution in [2.45, 2.75) is 26.1 Å². The third kappa shape index (κ3) is 3.67. The molecule has 0 fully saturated rings. The second-order valence-corrected chi connectivity index (χ2v) is 5.46. The molecule has 2 aromatic carbocycles. The summed E-state index contributed by atoms with van der Waals surface area (Å²) < 4.78 is 44.4. The van der Waals surface area contributed by atoms with E-state index in [1.54, 1.807) is 30.3 Å². The first kappa shape index (κ1) is 15.6. The van der Waals surface area contributed by atoms with Crippen LogP contribution < -0.4 is 10.5 Å². The molecule has 1 atom stereocenters. The van der Waals surface area contributed by atoms with Crippen LogP contribution in [0.5, 0.6) is 5.75 Å². The van der Waals surface area contributed by atoms with E-state index < -0.39 is 12.2 Å². The average molecular weight is 297 g/mol. The third-order valence-electron chi connectivity index (χ3n) is 3.14. The predicted octanol–water partition coefficient (Wildman–Crippen LogP) is 4.44. The van der Waals surface area contributed by atoms with Gasteiger partial charge in [0.15, 0.2) is 0 Å². The van der Waals surface area contributed by atoms with Gasteiger partial charge in [-0.05, 0) is 34.4 Å². The first-order valence-electron chi connectivity index (χ1n) is 6.77. The van der Waals surface area contributed by atoms with Crippen molar-refractivity contribution in [1.82, 2.24) is 0 Å². The maximum Gasteiger partial charge on any atom is 0.407 e. The van der Waals surface area contributed by atoms with Gasteiger partial charge in [0.1, 0.15) is 11.8 Å². The Balaban J connectivity index is 2.50. The van der Waals surface area contributed by atoms with Crippen molar-refractivity contribution in [3.63, 3.8) is 0 Å². The summed E-state index contributed by atoms with van der Waals surface area (Å²) in [7, 11) is 0. The van der Waals surface area contributed by atoms with Gasteiger partial charge in [0, 0.05) is 0 Å². The maximum absolute atomic E-state index is 12.9. The van der Waals surface area contributed by atoms with E-state index in [4.69, 9.17) is 10.5 Å². The number of benzene rings is 2. The van der Waals surface area contributed by atoms with Crippen LogP contribution in [0.25, 0.3) is 10.8 Å². The van der Waals surface area contributed by atoms with Gasteiger partial charge in [-0.15, -0.1) is 0 Å². The lowest BCUT2D eigenvalue weighted by atomic mass is 9.98. The van der Waals surface area contributed by atoms with E-state index in [-0.39, 0.29) is 11.5 Å². The van der Waals surface area contributed by atoms with Crippen LogP contribution in [0.4, 0.5) is 13.2 Å². The number of halogens is 3. The fourth-order valence-electron chi connectivity index (χ4n) is 2.09. The summed E-state index contributed by atoms with van der Waals surface area (Å²) in [4.78, 5) is 0. The normalized spacial score (nSPS) is 13.7. The standard InChI is InChI=1S/C16H18F3NO/c1-10(2)9-21-12-7-11-5-3-4-6-13(11)14(8-12)15(20)16(17,18)19/h3-8,10,15H,9,20H2,1-2H3/t15-/m0/s1. The molecule has 0 heterocycles. The van der Waals surface area contributed by atoms with Crippen LogP contribution in [0.15, 0.2) is 36.4 Å².